The van der Waals surface area contributed by atoms with Crippen LogP contribution in [0.2, 0.25) is 0 Å². The Morgan fingerprint density at radius 3 is 1.24 bits per heavy atom. The molecule has 4 N–H and O–H groups in total. The molecule has 0 aliphatic heterocycles. The van der Waals surface area contributed by atoms with Crippen LogP contribution in [0.25, 0.3) is 0 Å². The molecule has 6 heteroatoms. The number of carbonyl (C=O) groups excluding carboxylic acids is 2. The summed E-state index contributed by atoms with van der Waals surface area (Å²) >= 11 is 0. The van der Waals surface area contributed by atoms with Crippen molar-refractivity contribution in [3.8, 4) is 23.0 Å². The van der Waals surface area contributed by atoms with Gasteiger partial charge in [-0.3, -0.25) is 9.59 Å². The summed E-state index contributed by atoms with van der Waals surface area (Å²) in [6.45, 7) is 10.2. The van der Waals surface area contributed by atoms with E-state index >= 15 is 0 Å². The first-order valence-corrected chi connectivity index (χ1v) is 10.9. The molecule has 34 heavy (non-hydrogen) atoms. The van der Waals surface area contributed by atoms with Gasteiger partial charge in [0.1, 0.15) is 23.0 Å². The van der Waals surface area contributed by atoms with Gasteiger partial charge >= 0.3 is 0 Å². The molecule has 0 fully saturated rings. The average Bonchev–Trinajstić information content (AvgIpc) is 2.73. The van der Waals surface area contributed by atoms with Crippen molar-refractivity contribution in [1.29, 1.82) is 0 Å². The SMILES string of the molecule is CC(=O)c1cc(C(C)(C)c2cc(C(C)(C)c3ccc(O)c(C(C)=O)c3)c(O)cc2O)ccc1O. The molecule has 0 heterocycles. The molecule has 0 atom stereocenters. The summed E-state index contributed by atoms with van der Waals surface area (Å²) in [6, 6.07) is 12.5. The molecule has 0 saturated heterocycles. The van der Waals surface area contributed by atoms with Gasteiger partial charge in [0, 0.05) is 28.0 Å². The van der Waals surface area contributed by atoms with Crippen molar-refractivity contribution in [1.82, 2.24) is 0 Å². The average molecular weight is 463 g/mol. The maximum absolute atomic E-state index is 12.0. The topological polar surface area (TPSA) is 115 Å². The van der Waals surface area contributed by atoms with Crippen molar-refractivity contribution < 1.29 is 30.0 Å². The van der Waals surface area contributed by atoms with Crippen LogP contribution in [-0.2, 0) is 10.8 Å². The first-order valence-electron chi connectivity index (χ1n) is 10.9. The number of benzene rings is 3. The lowest BCUT2D eigenvalue weighted by Gasteiger charge is -2.32. The molecular weight excluding hydrogens is 432 g/mol. The van der Waals surface area contributed by atoms with Gasteiger partial charge < -0.3 is 20.4 Å². The molecule has 178 valence electrons. The maximum Gasteiger partial charge on any atom is 0.163 e. The zero-order chi connectivity index (χ0) is 25.6. The maximum atomic E-state index is 12.0. The van der Waals surface area contributed by atoms with Gasteiger partial charge in [0.2, 0.25) is 0 Å². The van der Waals surface area contributed by atoms with E-state index in [-0.39, 0.29) is 45.7 Å². The number of phenolic OH excluding ortho intramolecular Hbond substituents is 4. The largest absolute Gasteiger partial charge is 0.507 e. The third-order valence-corrected chi connectivity index (χ3v) is 6.66. The molecule has 0 amide bonds. The molecule has 0 saturated carbocycles. The number of ketones is 2. The summed E-state index contributed by atoms with van der Waals surface area (Å²) in [5, 5.41) is 41.7. The van der Waals surface area contributed by atoms with E-state index in [2.05, 4.69) is 0 Å². The lowest BCUT2D eigenvalue weighted by molar-refractivity contribution is 0.100. The van der Waals surface area contributed by atoms with Crippen LogP contribution in [0.5, 0.6) is 23.0 Å². The van der Waals surface area contributed by atoms with Crippen molar-refractivity contribution in [3.05, 3.63) is 81.9 Å². The smallest absolute Gasteiger partial charge is 0.163 e. The van der Waals surface area contributed by atoms with Crippen LogP contribution < -0.4 is 0 Å². The van der Waals surface area contributed by atoms with Crippen LogP contribution in [-0.4, -0.2) is 32.0 Å². The van der Waals surface area contributed by atoms with E-state index in [1.807, 2.05) is 27.7 Å². The van der Waals surface area contributed by atoms with Gasteiger partial charge in [0.15, 0.2) is 11.6 Å². The lowest BCUT2D eigenvalue weighted by atomic mass is 9.72. The van der Waals surface area contributed by atoms with Crippen molar-refractivity contribution in [2.45, 2.75) is 52.4 Å². The van der Waals surface area contributed by atoms with Gasteiger partial charge in [-0.2, -0.15) is 0 Å². The van der Waals surface area contributed by atoms with Gasteiger partial charge in [-0.15, -0.1) is 0 Å². The Morgan fingerprint density at radius 1 is 0.559 bits per heavy atom. The van der Waals surface area contributed by atoms with E-state index in [9.17, 15) is 30.0 Å². The van der Waals surface area contributed by atoms with Crippen LogP contribution in [0.4, 0.5) is 0 Å². The highest BCUT2D eigenvalue weighted by Crippen LogP contribution is 2.45. The number of hydrogen-bond acceptors (Lipinski definition) is 6. The van der Waals surface area contributed by atoms with Gasteiger partial charge in [-0.05, 0) is 55.3 Å². The molecule has 0 aromatic heterocycles. The molecule has 3 aromatic rings. The summed E-state index contributed by atoms with van der Waals surface area (Å²) in [7, 11) is 0. The minimum Gasteiger partial charge on any atom is -0.507 e. The Morgan fingerprint density at radius 2 is 0.912 bits per heavy atom. The molecule has 0 bridgehead atoms. The number of phenols is 4. The second-order valence-electron chi connectivity index (χ2n) is 9.71. The van der Waals surface area contributed by atoms with E-state index in [0.29, 0.717) is 22.3 Å². The Bertz CT molecular complexity index is 1200. The molecule has 3 rings (SSSR count). The number of carbonyl (C=O) groups is 2. The number of hydrogen-bond donors (Lipinski definition) is 4. The predicted molar refractivity (Wildman–Crippen MR) is 130 cm³/mol. The van der Waals surface area contributed by atoms with Crippen LogP contribution in [0.1, 0.15) is 84.5 Å². The Hall–Kier alpha value is -3.80. The summed E-state index contributed by atoms with van der Waals surface area (Å²) in [6.07, 6.45) is 0. The van der Waals surface area contributed by atoms with Crippen LogP contribution in [0.15, 0.2) is 48.5 Å². The minimum atomic E-state index is -0.792. The Balaban J connectivity index is 2.20. The second kappa shape index (κ2) is 8.52. The van der Waals surface area contributed by atoms with Crippen molar-refractivity contribution in [2.24, 2.45) is 0 Å². The highest BCUT2D eigenvalue weighted by atomic mass is 16.3. The van der Waals surface area contributed by atoms with E-state index in [0.717, 1.165) is 0 Å². The first-order chi connectivity index (χ1) is 15.7. The standard InChI is InChI=1S/C28H30O6/c1-15(29)19-11-17(7-9-23(19)31)27(3,4)21-13-22(26(34)14-25(21)33)28(5,6)18-8-10-24(32)20(12-18)16(2)30/h7-14,31-34H,1-6H3. The van der Waals surface area contributed by atoms with Crippen molar-refractivity contribution in [2.75, 3.05) is 0 Å². The zero-order valence-corrected chi connectivity index (χ0v) is 20.2. The highest BCUT2D eigenvalue weighted by Gasteiger charge is 2.33. The van der Waals surface area contributed by atoms with Crippen LogP contribution >= 0.6 is 0 Å². The fourth-order valence-electron chi connectivity index (χ4n) is 4.30. The molecule has 3 aromatic carbocycles. The predicted octanol–water partition coefficient (Wildman–Crippen LogP) is 5.57. The molecule has 0 aliphatic carbocycles. The summed E-state index contributed by atoms with van der Waals surface area (Å²) < 4.78 is 0. The summed E-state index contributed by atoms with van der Waals surface area (Å²) in [5.41, 5.74) is 1.21. The van der Waals surface area contributed by atoms with E-state index < -0.39 is 10.8 Å². The van der Waals surface area contributed by atoms with Crippen LogP contribution in [0, 0.1) is 0 Å². The Labute approximate surface area is 199 Å². The Kier molecular flexibility index (Phi) is 6.22. The van der Waals surface area contributed by atoms with Gasteiger partial charge in [-0.1, -0.05) is 39.8 Å². The highest BCUT2D eigenvalue weighted by molar-refractivity contribution is 5.97. The zero-order valence-electron chi connectivity index (χ0n) is 20.2. The fourth-order valence-corrected chi connectivity index (χ4v) is 4.30. The third kappa shape index (κ3) is 4.23. The minimum absolute atomic E-state index is 0.114. The number of Topliss-reactive ketones (excluding diaryl/α,β-unsaturated/α-hetero) is 2. The van der Waals surface area contributed by atoms with E-state index in [1.54, 1.807) is 30.3 Å². The number of aromatic hydroxyl groups is 4. The molecule has 0 spiro atoms. The normalized spacial score (nSPS) is 11.9. The monoisotopic (exact) mass is 462 g/mol. The van der Waals surface area contributed by atoms with Crippen molar-refractivity contribution in [3.63, 3.8) is 0 Å². The van der Waals surface area contributed by atoms with Crippen molar-refractivity contribution >= 4 is 11.6 Å². The van der Waals surface area contributed by atoms with Gasteiger partial charge in [0.25, 0.3) is 0 Å². The second-order valence-corrected chi connectivity index (χ2v) is 9.71. The number of rotatable bonds is 6. The van der Waals surface area contributed by atoms with Crippen LogP contribution in [0.3, 0.4) is 0 Å². The summed E-state index contributed by atoms with van der Waals surface area (Å²) in [5.74, 6) is -1.01. The van der Waals surface area contributed by atoms with Gasteiger partial charge in [0.05, 0.1) is 11.1 Å². The molecule has 6 nitrogen and oxygen atoms in total. The lowest BCUT2D eigenvalue weighted by Crippen LogP contribution is -2.24. The van der Waals surface area contributed by atoms with Gasteiger partial charge in [-0.25, -0.2) is 0 Å². The van der Waals surface area contributed by atoms with E-state index in [4.69, 9.17) is 0 Å². The fraction of sp³-hybridized carbons (Fsp3) is 0.286. The molecule has 0 radical (unpaired) electrons. The van der Waals surface area contributed by atoms with E-state index in [1.165, 1.54) is 32.0 Å². The summed E-state index contributed by atoms with van der Waals surface area (Å²) in [4.78, 5) is 23.9. The molecular formula is C28H30O6. The quantitative estimate of drug-likeness (QED) is 0.356. The third-order valence-electron chi connectivity index (χ3n) is 6.66. The first kappa shape index (κ1) is 24.8. The molecule has 0 unspecified atom stereocenters. The molecule has 0 aliphatic rings.